The van der Waals surface area contributed by atoms with Crippen LogP contribution < -0.4 is 10.9 Å². The highest BCUT2D eigenvalue weighted by molar-refractivity contribution is 7.99. The molecule has 1 fully saturated rings. The monoisotopic (exact) mass is 423 g/mol. The molecule has 2 unspecified atom stereocenters. The molecule has 0 spiro atoms. The second kappa shape index (κ2) is 9.41. The summed E-state index contributed by atoms with van der Waals surface area (Å²) in [5.41, 5.74) is 1.08. The summed E-state index contributed by atoms with van der Waals surface area (Å²) in [6.07, 6.45) is 3.71. The second-order valence-electron chi connectivity index (χ2n) is 7.28. The summed E-state index contributed by atoms with van der Waals surface area (Å²) < 4.78 is 7.49. The van der Waals surface area contributed by atoms with Gasteiger partial charge < -0.3 is 10.1 Å². The number of hydrogen-bond donors (Lipinski definition) is 1. The maximum absolute atomic E-state index is 13.4. The molecule has 154 valence electrons. The van der Waals surface area contributed by atoms with Crippen molar-refractivity contribution in [2.75, 3.05) is 12.4 Å². The lowest BCUT2D eigenvalue weighted by atomic mass is 10.1. The Bertz CT molecular complexity index is 900. The van der Waals surface area contributed by atoms with Gasteiger partial charge in [-0.25, -0.2) is 4.98 Å². The van der Waals surface area contributed by atoms with Crippen molar-refractivity contribution >= 4 is 39.2 Å². The molecule has 0 aliphatic carbocycles. The summed E-state index contributed by atoms with van der Waals surface area (Å²) in [7, 11) is 0. The van der Waals surface area contributed by atoms with Gasteiger partial charge in [0, 0.05) is 17.5 Å². The van der Waals surface area contributed by atoms with Gasteiger partial charge in [0.15, 0.2) is 5.16 Å². The van der Waals surface area contributed by atoms with Gasteiger partial charge in [0.2, 0.25) is 5.91 Å². The van der Waals surface area contributed by atoms with E-state index in [1.807, 2.05) is 20.8 Å². The van der Waals surface area contributed by atoms with Crippen LogP contribution in [0.25, 0.3) is 10.2 Å². The Labute approximate surface area is 174 Å². The minimum absolute atomic E-state index is 0.00784. The fourth-order valence-corrected chi connectivity index (χ4v) is 5.44. The van der Waals surface area contributed by atoms with E-state index in [1.54, 1.807) is 15.9 Å². The molecule has 0 radical (unpaired) electrons. The molecule has 3 heterocycles. The highest BCUT2D eigenvalue weighted by atomic mass is 32.2. The standard InChI is InChI=1S/C20H29N3O3S2/c1-5-12(3)21-16(24)11-27-20-22-18-17(15(6-2)13(4)28-18)19(25)23(20)10-14-8-7-9-26-14/h12,14H,5-11H2,1-4H3,(H,21,24). The quantitative estimate of drug-likeness (QED) is 0.519. The van der Waals surface area contributed by atoms with Gasteiger partial charge in [-0.15, -0.1) is 11.3 Å². The molecule has 0 bridgehead atoms. The van der Waals surface area contributed by atoms with E-state index in [1.165, 1.54) is 11.8 Å². The zero-order valence-electron chi connectivity index (χ0n) is 17.0. The Kier molecular flexibility index (Phi) is 7.17. The van der Waals surface area contributed by atoms with Gasteiger partial charge in [0.05, 0.1) is 23.8 Å². The third-order valence-corrected chi connectivity index (χ3v) is 7.21. The van der Waals surface area contributed by atoms with E-state index in [-0.39, 0.29) is 29.4 Å². The number of nitrogens with zero attached hydrogens (tertiary/aromatic N) is 2. The number of thiophene rings is 1. The molecule has 0 aromatic carbocycles. The van der Waals surface area contributed by atoms with Gasteiger partial charge in [-0.05, 0) is 45.1 Å². The minimum Gasteiger partial charge on any atom is -0.376 e. The molecule has 0 saturated carbocycles. The molecule has 2 atom stereocenters. The fourth-order valence-electron chi connectivity index (χ4n) is 3.47. The first-order chi connectivity index (χ1) is 13.4. The molecule has 1 aliphatic heterocycles. The summed E-state index contributed by atoms with van der Waals surface area (Å²) in [6.45, 7) is 9.38. The van der Waals surface area contributed by atoms with Gasteiger partial charge >= 0.3 is 0 Å². The zero-order chi connectivity index (χ0) is 20.3. The molecule has 6 nitrogen and oxygen atoms in total. The third kappa shape index (κ3) is 4.60. The van der Waals surface area contributed by atoms with Gasteiger partial charge in [-0.2, -0.15) is 0 Å². The normalized spacial score (nSPS) is 17.9. The van der Waals surface area contributed by atoms with Crippen molar-refractivity contribution < 1.29 is 9.53 Å². The molecular formula is C20H29N3O3S2. The van der Waals surface area contributed by atoms with Gasteiger partial charge in [0.25, 0.3) is 5.56 Å². The predicted octanol–water partition coefficient (Wildman–Crippen LogP) is 3.51. The number of fused-ring (bicyclic) bond motifs is 1. The van der Waals surface area contributed by atoms with Crippen LogP contribution >= 0.6 is 23.1 Å². The molecule has 8 heteroatoms. The minimum atomic E-state index is -0.0334. The molecule has 3 rings (SSSR count). The molecule has 28 heavy (non-hydrogen) atoms. The topological polar surface area (TPSA) is 73.2 Å². The smallest absolute Gasteiger partial charge is 0.263 e. The first-order valence-corrected chi connectivity index (χ1v) is 11.8. The Hall–Kier alpha value is -1.38. The maximum Gasteiger partial charge on any atom is 0.263 e. The number of rotatable bonds is 8. The number of aromatic nitrogens is 2. The van der Waals surface area contributed by atoms with Gasteiger partial charge in [0.1, 0.15) is 4.83 Å². The third-order valence-electron chi connectivity index (χ3n) is 5.19. The van der Waals surface area contributed by atoms with E-state index >= 15 is 0 Å². The summed E-state index contributed by atoms with van der Waals surface area (Å²) in [6, 6.07) is 0.143. The second-order valence-corrected chi connectivity index (χ2v) is 9.43. The molecular weight excluding hydrogens is 394 g/mol. The Morgan fingerprint density at radius 2 is 2.25 bits per heavy atom. The summed E-state index contributed by atoms with van der Waals surface area (Å²) >= 11 is 2.90. The van der Waals surface area contributed by atoms with Crippen LogP contribution in [0.15, 0.2) is 9.95 Å². The maximum atomic E-state index is 13.4. The van der Waals surface area contributed by atoms with Crippen LogP contribution in [0.2, 0.25) is 0 Å². The largest absolute Gasteiger partial charge is 0.376 e. The molecule has 2 aromatic rings. The number of hydrogen-bond acceptors (Lipinski definition) is 6. The summed E-state index contributed by atoms with van der Waals surface area (Å²) in [4.78, 5) is 32.3. The summed E-state index contributed by atoms with van der Waals surface area (Å²) in [5, 5.41) is 4.31. The van der Waals surface area contributed by atoms with Crippen molar-refractivity contribution in [3.8, 4) is 0 Å². The fraction of sp³-hybridized carbons (Fsp3) is 0.650. The van der Waals surface area contributed by atoms with Gasteiger partial charge in [-0.1, -0.05) is 25.6 Å². The van der Waals surface area contributed by atoms with Crippen molar-refractivity contribution in [3.05, 3.63) is 20.8 Å². The number of carbonyl (C=O) groups excluding carboxylic acids is 1. The first-order valence-electron chi connectivity index (χ1n) is 10.0. The van der Waals surface area contributed by atoms with Crippen molar-refractivity contribution in [1.29, 1.82) is 0 Å². The Balaban J connectivity index is 1.94. The average Bonchev–Trinajstić information content (AvgIpc) is 3.29. The van der Waals surface area contributed by atoms with Crippen LogP contribution in [0, 0.1) is 6.92 Å². The summed E-state index contributed by atoms with van der Waals surface area (Å²) in [5.74, 6) is 0.215. The first kappa shape index (κ1) is 21.3. The SMILES string of the molecule is CCc1c(C)sc2nc(SCC(=O)NC(C)CC)n(CC3CCCO3)c(=O)c12. The molecule has 2 aromatic heterocycles. The molecule has 1 saturated heterocycles. The van der Waals surface area contributed by atoms with E-state index in [0.29, 0.717) is 11.7 Å². The van der Waals surface area contributed by atoms with E-state index in [4.69, 9.17) is 9.72 Å². The Morgan fingerprint density at radius 3 is 2.89 bits per heavy atom. The molecule has 1 amide bonds. The average molecular weight is 424 g/mol. The predicted molar refractivity (Wildman–Crippen MR) is 116 cm³/mol. The molecule has 1 N–H and O–H groups in total. The number of thioether (sulfide) groups is 1. The van der Waals surface area contributed by atoms with Crippen LogP contribution in [0.4, 0.5) is 0 Å². The lowest BCUT2D eigenvalue weighted by Gasteiger charge is -2.16. The number of carbonyl (C=O) groups is 1. The molecule has 1 aliphatic rings. The number of aryl methyl sites for hydroxylation is 2. The van der Waals surface area contributed by atoms with Crippen molar-refractivity contribution in [2.45, 2.75) is 77.2 Å². The van der Waals surface area contributed by atoms with Crippen LogP contribution in [0.5, 0.6) is 0 Å². The Morgan fingerprint density at radius 1 is 1.46 bits per heavy atom. The number of amides is 1. The van der Waals surface area contributed by atoms with Crippen LogP contribution in [0.1, 0.15) is 50.5 Å². The number of nitrogens with one attached hydrogen (secondary N) is 1. The zero-order valence-corrected chi connectivity index (χ0v) is 18.7. The van der Waals surface area contributed by atoms with Gasteiger partial charge in [-0.3, -0.25) is 14.2 Å². The lowest BCUT2D eigenvalue weighted by molar-refractivity contribution is -0.119. The van der Waals surface area contributed by atoms with Crippen molar-refractivity contribution in [2.24, 2.45) is 0 Å². The van der Waals surface area contributed by atoms with E-state index in [9.17, 15) is 9.59 Å². The van der Waals surface area contributed by atoms with Crippen LogP contribution in [-0.2, 0) is 22.5 Å². The van der Waals surface area contributed by atoms with E-state index < -0.39 is 0 Å². The van der Waals surface area contributed by atoms with E-state index in [2.05, 4.69) is 12.2 Å². The van der Waals surface area contributed by atoms with Crippen molar-refractivity contribution in [3.63, 3.8) is 0 Å². The number of ether oxygens (including phenoxy) is 1. The lowest BCUT2D eigenvalue weighted by Crippen LogP contribution is -2.34. The van der Waals surface area contributed by atoms with Crippen LogP contribution in [0.3, 0.4) is 0 Å². The highest BCUT2D eigenvalue weighted by Gasteiger charge is 2.23. The highest BCUT2D eigenvalue weighted by Crippen LogP contribution is 2.30. The van der Waals surface area contributed by atoms with Crippen LogP contribution in [-0.4, -0.2) is 40.0 Å². The van der Waals surface area contributed by atoms with Crippen molar-refractivity contribution in [1.82, 2.24) is 14.9 Å². The van der Waals surface area contributed by atoms with E-state index in [0.717, 1.165) is 52.9 Å².